The van der Waals surface area contributed by atoms with E-state index in [1.165, 1.54) is 0 Å². The summed E-state index contributed by atoms with van der Waals surface area (Å²) in [5.41, 5.74) is -1.28. The molecule has 1 heterocycles. The standard InChI is InChI=1S/C10H18NO4S/c1-7-8(15-16(6,13)14)10(4,5)11(12)9(7,2)3/h8H,1H2,2-6H3. The molecule has 1 saturated heterocycles. The van der Waals surface area contributed by atoms with Crippen molar-refractivity contribution in [3.05, 3.63) is 12.2 Å². The van der Waals surface area contributed by atoms with Gasteiger partial charge in [-0.25, -0.2) is 0 Å². The van der Waals surface area contributed by atoms with Gasteiger partial charge in [0, 0.05) is 0 Å². The minimum Gasteiger partial charge on any atom is -0.260 e. The molecule has 1 radical (unpaired) electrons. The summed E-state index contributed by atoms with van der Waals surface area (Å²) in [6, 6.07) is 0. The van der Waals surface area contributed by atoms with E-state index in [9.17, 15) is 13.6 Å². The monoisotopic (exact) mass is 248 g/mol. The molecule has 0 spiro atoms. The summed E-state index contributed by atoms with van der Waals surface area (Å²) in [7, 11) is -3.61. The lowest BCUT2D eigenvalue weighted by Crippen LogP contribution is -2.48. The van der Waals surface area contributed by atoms with Gasteiger partial charge in [0.05, 0.1) is 17.3 Å². The van der Waals surface area contributed by atoms with E-state index in [2.05, 4.69) is 6.58 Å². The number of hydrogen-bond donors (Lipinski definition) is 0. The molecule has 0 aliphatic carbocycles. The highest BCUT2D eigenvalue weighted by Crippen LogP contribution is 2.44. The van der Waals surface area contributed by atoms with Crippen molar-refractivity contribution in [2.45, 2.75) is 44.9 Å². The predicted octanol–water partition coefficient (Wildman–Crippen LogP) is 1.11. The maximum absolute atomic E-state index is 12.0. The van der Waals surface area contributed by atoms with Gasteiger partial charge in [-0.3, -0.25) is 4.18 Å². The zero-order valence-corrected chi connectivity index (χ0v) is 11.1. The third-order valence-electron chi connectivity index (χ3n) is 3.05. The molecule has 0 bridgehead atoms. The lowest BCUT2D eigenvalue weighted by Gasteiger charge is -2.32. The van der Waals surface area contributed by atoms with Gasteiger partial charge in [0.2, 0.25) is 0 Å². The highest BCUT2D eigenvalue weighted by molar-refractivity contribution is 7.86. The highest BCUT2D eigenvalue weighted by atomic mass is 32.2. The van der Waals surface area contributed by atoms with Gasteiger partial charge in [-0.05, 0) is 33.3 Å². The molecule has 0 aromatic heterocycles. The molecule has 0 saturated carbocycles. The van der Waals surface area contributed by atoms with Gasteiger partial charge < -0.3 is 0 Å². The van der Waals surface area contributed by atoms with Crippen molar-refractivity contribution in [1.82, 2.24) is 5.06 Å². The molecule has 1 rings (SSSR count). The average Bonchev–Trinajstić information content (AvgIpc) is 2.17. The first kappa shape index (κ1) is 13.6. The van der Waals surface area contributed by atoms with E-state index < -0.39 is 27.3 Å². The molecule has 0 aromatic rings. The van der Waals surface area contributed by atoms with Crippen LogP contribution in [-0.4, -0.2) is 36.9 Å². The van der Waals surface area contributed by atoms with Crippen LogP contribution in [0.5, 0.6) is 0 Å². The maximum Gasteiger partial charge on any atom is 0.265 e. The second kappa shape index (κ2) is 3.53. The lowest BCUT2D eigenvalue weighted by molar-refractivity contribution is -0.247. The van der Waals surface area contributed by atoms with E-state index in [-0.39, 0.29) is 0 Å². The summed E-state index contributed by atoms with van der Waals surface area (Å²) in [4.78, 5) is 0. The Balaban J connectivity index is 3.16. The summed E-state index contributed by atoms with van der Waals surface area (Å²) in [5.74, 6) is 0. The van der Waals surface area contributed by atoms with Gasteiger partial charge in [-0.1, -0.05) is 6.58 Å². The van der Waals surface area contributed by atoms with Crippen LogP contribution >= 0.6 is 0 Å². The quantitative estimate of drug-likeness (QED) is 0.542. The first-order valence-electron chi connectivity index (χ1n) is 4.95. The van der Waals surface area contributed by atoms with Crippen molar-refractivity contribution < 1.29 is 17.8 Å². The van der Waals surface area contributed by atoms with Gasteiger partial charge in [0.25, 0.3) is 10.1 Å². The lowest BCUT2D eigenvalue weighted by atomic mass is 9.92. The second-order valence-electron chi connectivity index (χ2n) is 5.21. The third kappa shape index (κ3) is 2.02. The van der Waals surface area contributed by atoms with E-state index in [4.69, 9.17) is 4.18 Å². The van der Waals surface area contributed by atoms with Crippen molar-refractivity contribution in [3.63, 3.8) is 0 Å². The summed E-state index contributed by atoms with van der Waals surface area (Å²) < 4.78 is 27.3. The molecule has 0 aromatic carbocycles. The molecule has 1 atom stereocenters. The smallest absolute Gasteiger partial charge is 0.260 e. The van der Waals surface area contributed by atoms with Crippen LogP contribution in [0, 0.1) is 0 Å². The first-order chi connectivity index (χ1) is 6.90. The van der Waals surface area contributed by atoms with Crippen LogP contribution in [0.15, 0.2) is 12.2 Å². The largest absolute Gasteiger partial charge is 0.265 e. The Hall–Kier alpha value is -0.430. The van der Waals surface area contributed by atoms with Crippen molar-refractivity contribution in [2.75, 3.05) is 6.26 Å². The van der Waals surface area contributed by atoms with Crippen molar-refractivity contribution in [2.24, 2.45) is 0 Å². The van der Waals surface area contributed by atoms with Crippen molar-refractivity contribution in [1.29, 1.82) is 0 Å². The summed E-state index contributed by atoms with van der Waals surface area (Å²) in [5, 5.41) is 12.9. The minimum absolute atomic E-state index is 0.484. The van der Waals surface area contributed by atoms with Gasteiger partial charge in [-0.15, -0.1) is 10.3 Å². The highest BCUT2D eigenvalue weighted by Gasteiger charge is 2.57. The number of hydrogen-bond acceptors (Lipinski definition) is 4. The van der Waals surface area contributed by atoms with E-state index >= 15 is 0 Å². The Morgan fingerprint density at radius 1 is 1.31 bits per heavy atom. The summed E-state index contributed by atoms with van der Waals surface area (Å²) in [6.45, 7) is 10.5. The first-order valence-corrected chi connectivity index (χ1v) is 6.77. The van der Waals surface area contributed by atoms with Crippen LogP contribution in [0.4, 0.5) is 0 Å². The predicted molar refractivity (Wildman–Crippen MR) is 59.5 cm³/mol. The molecule has 6 heteroatoms. The van der Waals surface area contributed by atoms with Crippen LogP contribution in [0.2, 0.25) is 0 Å². The van der Waals surface area contributed by atoms with E-state index in [1.54, 1.807) is 27.7 Å². The molecule has 0 N–H and O–H groups in total. The Labute approximate surface area is 96.8 Å². The van der Waals surface area contributed by atoms with Gasteiger partial charge >= 0.3 is 0 Å². The van der Waals surface area contributed by atoms with Gasteiger partial charge in [0.15, 0.2) is 0 Å². The Morgan fingerprint density at radius 2 is 1.75 bits per heavy atom. The van der Waals surface area contributed by atoms with Crippen LogP contribution in [0.3, 0.4) is 0 Å². The molecule has 5 nitrogen and oxygen atoms in total. The summed E-state index contributed by atoms with van der Waals surface area (Å²) in [6.07, 6.45) is 0.159. The van der Waals surface area contributed by atoms with Gasteiger partial charge in [0.1, 0.15) is 6.10 Å². The van der Waals surface area contributed by atoms with Crippen molar-refractivity contribution >= 4 is 10.1 Å². The number of rotatable bonds is 2. The average molecular weight is 248 g/mol. The topological polar surface area (TPSA) is 66.5 Å². The fourth-order valence-electron chi connectivity index (χ4n) is 2.06. The Kier molecular flexibility index (Phi) is 3.01. The zero-order valence-electron chi connectivity index (χ0n) is 10.3. The zero-order chi connectivity index (χ0) is 12.9. The van der Waals surface area contributed by atoms with Crippen LogP contribution in [-0.2, 0) is 19.5 Å². The van der Waals surface area contributed by atoms with Crippen LogP contribution < -0.4 is 0 Å². The minimum atomic E-state index is -3.61. The molecule has 1 aliphatic heterocycles. The second-order valence-corrected chi connectivity index (χ2v) is 6.81. The Morgan fingerprint density at radius 3 is 2.00 bits per heavy atom. The molecule has 0 amide bonds. The van der Waals surface area contributed by atoms with E-state index in [1.807, 2.05) is 0 Å². The molecule has 16 heavy (non-hydrogen) atoms. The third-order valence-corrected chi connectivity index (χ3v) is 3.59. The van der Waals surface area contributed by atoms with Crippen LogP contribution in [0.25, 0.3) is 0 Å². The molecular formula is C10H18NO4S. The maximum atomic E-state index is 12.0. The van der Waals surface area contributed by atoms with E-state index in [0.717, 1.165) is 11.3 Å². The van der Waals surface area contributed by atoms with Crippen LogP contribution in [0.1, 0.15) is 27.7 Å². The number of hydroxylamine groups is 2. The van der Waals surface area contributed by atoms with Crippen molar-refractivity contribution in [3.8, 4) is 0 Å². The molecule has 93 valence electrons. The Bertz CT molecular complexity index is 411. The van der Waals surface area contributed by atoms with Gasteiger partial charge in [-0.2, -0.15) is 8.42 Å². The fraction of sp³-hybridized carbons (Fsp3) is 0.800. The molecule has 1 unspecified atom stereocenters. The summed E-state index contributed by atoms with van der Waals surface area (Å²) >= 11 is 0. The molecule has 1 fully saturated rings. The fourth-order valence-corrected chi connectivity index (χ4v) is 2.76. The van der Waals surface area contributed by atoms with E-state index in [0.29, 0.717) is 5.57 Å². The normalized spacial score (nSPS) is 29.6. The SMILES string of the molecule is C=C1C(OS(C)(=O)=O)C(C)(C)N([O])C1(C)C. The molecule has 1 aliphatic rings. The number of nitrogens with zero attached hydrogens (tertiary/aromatic N) is 1. The molecular weight excluding hydrogens is 230 g/mol.